The summed E-state index contributed by atoms with van der Waals surface area (Å²) in [5.74, 6) is 1.67. The lowest BCUT2D eigenvalue weighted by Gasteiger charge is -2.13. The molecule has 0 fully saturated rings. The van der Waals surface area contributed by atoms with Crippen LogP contribution < -0.4 is 0 Å². The predicted octanol–water partition coefficient (Wildman–Crippen LogP) is 16.4. The fraction of sp³-hybridized carbons (Fsp3) is 0. The summed E-state index contributed by atoms with van der Waals surface area (Å²) in [5.41, 5.74) is 19.2. The quantitative estimate of drug-likeness (QED) is 0.143. The van der Waals surface area contributed by atoms with Gasteiger partial charge in [-0.15, -0.1) is 0 Å². The molecule has 12 rings (SSSR count). The Morgan fingerprint density at radius 1 is 0.338 bits per heavy atom. The van der Waals surface area contributed by atoms with Crippen molar-refractivity contribution < 1.29 is 0 Å². The Balaban J connectivity index is 0.853. The molecular formula is C63H37N5. The standard InChI is InChI=1S/C63H37N5/c1-65-60-53(44-31-33-47(34-32-44)62-66-61(46-11-3-2-4-12-46)67-63(68-62)51-17-8-15-49(38-51)41-25-23-40(39-64)24-26-41)20-10-21-54(60)50-16-7-14-48(37-50)42-27-29-43(30-28-42)52-36-35-45-13-9-22-56-55-18-5-6-19-57(55)59(52)58(45)56/h2-38H. The average Bonchev–Trinajstić information content (AvgIpc) is 3.76. The van der Waals surface area contributed by atoms with E-state index < -0.39 is 0 Å². The van der Waals surface area contributed by atoms with Crippen molar-refractivity contribution in [2.75, 3.05) is 0 Å². The molecule has 5 nitrogen and oxygen atoms in total. The Hall–Kier alpha value is -9.55. The number of hydrogen-bond acceptors (Lipinski definition) is 4. The Morgan fingerprint density at radius 3 is 1.47 bits per heavy atom. The number of para-hydroxylation sites is 1. The van der Waals surface area contributed by atoms with Gasteiger partial charge in [0, 0.05) is 16.7 Å². The first-order valence-corrected chi connectivity index (χ1v) is 22.5. The van der Waals surface area contributed by atoms with Crippen molar-refractivity contribution in [1.29, 1.82) is 5.26 Å². The molecule has 0 atom stereocenters. The van der Waals surface area contributed by atoms with Gasteiger partial charge in [0.2, 0.25) is 5.69 Å². The van der Waals surface area contributed by atoms with E-state index in [0.717, 1.165) is 61.2 Å². The number of fused-ring (bicyclic) bond motifs is 3. The van der Waals surface area contributed by atoms with Gasteiger partial charge < -0.3 is 0 Å². The highest BCUT2D eigenvalue weighted by atomic mass is 15.0. The van der Waals surface area contributed by atoms with Crippen molar-refractivity contribution in [2.45, 2.75) is 0 Å². The van der Waals surface area contributed by atoms with E-state index in [1.807, 2.05) is 115 Å². The van der Waals surface area contributed by atoms with E-state index in [1.165, 1.54) is 44.2 Å². The zero-order valence-electron chi connectivity index (χ0n) is 36.6. The van der Waals surface area contributed by atoms with Crippen LogP contribution in [0.2, 0.25) is 0 Å². The number of aromatic nitrogens is 3. The van der Waals surface area contributed by atoms with E-state index in [1.54, 1.807) is 0 Å². The van der Waals surface area contributed by atoms with Crippen LogP contribution in [0.25, 0.3) is 128 Å². The second-order valence-electron chi connectivity index (χ2n) is 16.9. The molecule has 0 bridgehead atoms. The largest absolute Gasteiger partial charge is 0.237 e. The van der Waals surface area contributed by atoms with Crippen molar-refractivity contribution in [2.24, 2.45) is 0 Å². The van der Waals surface area contributed by atoms with E-state index in [-0.39, 0.29) is 0 Å². The van der Waals surface area contributed by atoms with Crippen LogP contribution in [0.3, 0.4) is 0 Å². The molecule has 1 heterocycles. The van der Waals surface area contributed by atoms with Gasteiger partial charge in [-0.1, -0.05) is 200 Å². The Labute approximate surface area is 394 Å². The van der Waals surface area contributed by atoms with Gasteiger partial charge in [-0.3, -0.25) is 0 Å². The third-order valence-electron chi connectivity index (χ3n) is 13.0. The number of nitriles is 1. The molecule has 1 aliphatic rings. The molecule has 10 aromatic carbocycles. The minimum Gasteiger partial charge on any atom is -0.237 e. The molecule has 0 unspecified atom stereocenters. The van der Waals surface area contributed by atoms with Crippen LogP contribution in [0, 0.1) is 17.9 Å². The third kappa shape index (κ3) is 7.09. The highest BCUT2D eigenvalue weighted by Gasteiger charge is 2.24. The Bertz CT molecular complexity index is 3840. The topological polar surface area (TPSA) is 66.8 Å². The maximum atomic E-state index is 9.32. The number of rotatable bonds is 8. The molecule has 0 saturated carbocycles. The van der Waals surface area contributed by atoms with Crippen LogP contribution in [0.1, 0.15) is 5.56 Å². The summed E-state index contributed by atoms with van der Waals surface area (Å²) < 4.78 is 0. The highest BCUT2D eigenvalue weighted by molar-refractivity contribution is 6.19. The van der Waals surface area contributed by atoms with Crippen LogP contribution in [-0.4, -0.2) is 15.0 Å². The lowest BCUT2D eigenvalue weighted by molar-refractivity contribution is 1.07. The van der Waals surface area contributed by atoms with Crippen molar-refractivity contribution in [3.8, 4) is 118 Å². The minimum absolute atomic E-state index is 0.545. The number of benzene rings is 10. The smallest absolute Gasteiger partial charge is 0.202 e. The normalized spacial score (nSPS) is 11.2. The molecule has 5 heteroatoms. The molecule has 0 radical (unpaired) electrons. The Morgan fingerprint density at radius 2 is 0.794 bits per heavy atom. The van der Waals surface area contributed by atoms with Crippen molar-refractivity contribution in [1.82, 2.24) is 15.0 Å². The lowest BCUT2D eigenvalue weighted by Crippen LogP contribution is -2.00. The molecule has 314 valence electrons. The first kappa shape index (κ1) is 40.0. The minimum atomic E-state index is 0.545. The summed E-state index contributed by atoms with van der Waals surface area (Å²) >= 11 is 0. The molecule has 68 heavy (non-hydrogen) atoms. The third-order valence-corrected chi connectivity index (χ3v) is 13.0. The first-order chi connectivity index (χ1) is 33.6. The first-order valence-electron chi connectivity index (χ1n) is 22.5. The van der Waals surface area contributed by atoms with Crippen molar-refractivity contribution in [3.63, 3.8) is 0 Å². The predicted molar refractivity (Wildman–Crippen MR) is 276 cm³/mol. The number of hydrogen-bond donors (Lipinski definition) is 0. The van der Waals surface area contributed by atoms with Gasteiger partial charge in [0.15, 0.2) is 17.5 Å². The molecule has 0 aliphatic heterocycles. The maximum Gasteiger partial charge on any atom is 0.202 e. The molecule has 0 amide bonds. The molecule has 0 spiro atoms. The average molecular weight is 864 g/mol. The zero-order valence-corrected chi connectivity index (χ0v) is 36.6. The van der Waals surface area contributed by atoms with E-state index in [2.05, 4.69) is 120 Å². The second kappa shape index (κ2) is 16.8. The fourth-order valence-corrected chi connectivity index (χ4v) is 9.62. The molecule has 11 aromatic rings. The summed E-state index contributed by atoms with van der Waals surface area (Å²) in [4.78, 5) is 19.1. The van der Waals surface area contributed by atoms with E-state index in [0.29, 0.717) is 28.7 Å². The second-order valence-corrected chi connectivity index (χ2v) is 16.9. The summed E-state index contributed by atoms with van der Waals surface area (Å²) in [6.45, 7) is 8.44. The van der Waals surface area contributed by atoms with Gasteiger partial charge in [-0.25, -0.2) is 19.8 Å². The molecule has 1 aromatic heterocycles. The van der Waals surface area contributed by atoms with Gasteiger partial charge in [-0.2, -0.15) is 5.26 Å². The van der Waals surface area contributed by atoms with Crippen LogP contribution in [0.5, 0.6) is 0 Å². The van der Waals surface area contributed by atoms with Crippen LogP contribution in [-0.2, 0) is 0 Å². The van der Waals surface area contributed by atoms with Gasteiger partial charge in [0.05, 0.1) is 18.2 Å². The maximum absolute atomic E-state index is 9.32. The SMILES string of the molecule is [C-]#[N+]c1c(-c2ccc(-c3nc(-c4ccccc4)nc(-c4cccc(-c5ccc(C#N)cc5)c4)n3)cc2)cccc1-c1cccc(-c2ccc(-c3ccc4cccc5c4c3-c3ccccc3-5)cc2)c1. The van der Waals surface area contributed by atoms with E-state index >= 15 is 0 Å². The summed E-state index contributed by atoms with van der Waals surface area (Å²) in [6, 6.07) is 79.2. The molecule has 0 saturated heterocycles. The lowest BCUT2D eigenvalue weighted by atomic mass is 9.91. The van der Waals surface area contributed by atoms with Crippen LogP contribution in [0.4, 0.5) is 5.69 Å². The van der Waals surface area contributed by atoms with E-state index in [4.69, 9.17) is 21.5 Å². The molecule has 0 N–H and O–H groups in total. The fourth-order valence-electron chi connectivity index (χ4n) is 9.62. The van der Waals surface area contributed by atoms with Crippen LogP contribution >= 0.6 is 0 Å². The zero-order chi connectivity index (χ0) is 45.6. The summed E-state index contributed by atoms with van der Waals surface area (Å²) in [5, 5.41) is 11.9. The molecule has 1 aliphatic carbocycles. The molecular weight excluding hydrogens is 827 g/mol. The van der Waals surface area contributed by atoms with Gasteiger partial charge in [-0.05, 0) is 113 Å². The van der Waals surface area contributed by atoms with Gasteiger partial charge in [0.25, 0.3) is 0 Å². The van der Waals surface area contributed by atoms with Crippen LogP contribution in [0.15, 0.2) is 224 Å². The number of nitrogens with zero attached hydrogens (tertiary/aromatic N) is 5. The van der Waals surface area contributed by atoms with Gasteiger partial charge >= 0.3 is 0 Å². The van der Waals surface area contributed by atoms with E-state index in [9.17, 15) is 5.26 Å². The Kier molecular flexibility index (Phi) is 9.87. The van der Waals surface area contributed by atoms with Crippen molar-refractivity contribution >= 4 is 16.5 Å². The van der Waals surface area contributed by atoms with Gasteiger partial charge in [0.1, 0.15) is 0 Å². The van der Waals surface area contributed by atoms with Crippen molar-refractivity contribution in [3.05, 3.63) is 241 Å². The monoisotopic (exact) mass is 863 g/mol. The highest BCUT2D eigenvalue weighted by Crippen LogP contribution is 2.51. The summed E-state index contributed by atoms with van der Waals surface area (Å²) in [6.07, 6.45) is 0. The summed E-state index contributed by atoms with van der Waals surface area (Å²) in [7, 11) is 0.